The van der Waals surface area contributed by atoms with E-state index in [1.807, 2.05) is 38.1 Å². The van der Waals surface area contributed by atoms with Crippen LogP contribution in [0.25, 0.3) is 0 Å². The minimum absolute atomic E-state index is 0.123. The molecule has 3 atom stereocenters. The number of carbonyl (C=O) groups excluding carboxylic acids is 3. The van der Waals surface area contributed by atoms with Gasteiger partial charge in [0.25, 0.3) is 0 Å². The molecule has 3 aliphatic rings. The van der Waals surface area contributed by atoms with Crippen LogP contribution in [-0.4, -0.2) is 38.0 Å². The molecule has 2 aliphatic carbocycles. The van der Waals surface area contributed by atoms with E-state index in [4.69, 9.17) is 14.2 Å². The van der Waals surface area contributed by atoms with Crippen molar-refractivity contribution in [2.24, 2.45) is 11.8 Å². The molecule has 0 bridgehead atoms. The third-order valence-electron chi connectivity index (χ3n) is 7.49. The van der Waals surface area contributed by atoms with Crippen molar-refractivity contribution in [3.8, 4) is 5.75 Å². The van der Waals surface area contributed by atoms with Gasteiger partial charge >= 0.3 is 11.9 Å². The van der Waals surface area contributed by atoms with E-state index in [0.29, 0.717) is 29.0 Å². The van der Waals surface area contributed by atoms with Crippen LogP contribution in [0.15, 0.2) is 46.8 Å². The normalized spacial score (nSPS) is 25.4. The SMILES string of the molecule is COC(=O)[C@@H]1C(=O)C2=C(C[C@H]1C)NC(C)=C(C(=O)OC1CCCCCC1)[C@H]2c1ccc(OC)cc1. The number of hydrogen-bond donors (Lipinski definition) is 1. The second kappa shape index (κ2) is 10.7. The Morgan fingerprint density at radius 3 is 2.26 bits per heavy atom. The van der Waals surface area contributed by atoms with Gasteiger partial charge in [0.1, 0.15) is 17.8 Å². The minimum atomic E-state index is -0.904. The number of methoxy groups -OCH3 is 2. The molecule has 4 rings (SSSR count). The van der Waals surface area contributed by atoms with E-state index < -0.39 is 23.8 Å². The maximum atomic E-state index is 13.8. The van der Waals surface area contributed by atoms with Crippen molar-refractivity contribution in [1.29, 1.82) is 0 Å². The summed E-state index contributed by atoms with van der Waals surface area (Å²) in [5.41, 5.74) is 3.08. The molecule has 0 radical (unpaired) electrons. The first kappa shape index (κ1) is 25.0. The lowest BCUT2D eigenvalue weighted by Gasteiger charge is -2.38. The highest BCUT2D eigenvalue weighted by Gasteiger charge is 2.47. The zero-order chi connectivity index (χ0) is 25.1. The summed E-state index contributed by atoms with van der Waals surface area (Å²) in [6.07, 6.45) is 6.50. The number of carbonyl (C=O) groups is 3. The van der Waals surface area contributed by atoms with E-state index in [1.165, 1.54) is 7.11 Å². The van der Waals surface area contributed by atoms with Crippen LogP contribution in [-0.2, 0) is 23.9 Å². The summed E-state index contributed by atoms with van der Waals surface area (Å²) in [7, 11) is 2.89. The Bertz CT molecular complexity index is 1050. The first-order valence-corrected chi connectivity index (χ1v) is 12.5. The molecule has 1 saturated carbocycles. The lowest BCUT2D eigenvalue weighted by Crippen LogP contribution is -2.43. The van der Waals surface area contributed by atoms with Gasteiger partial charge in [-0.3, -0.25) is 9.59 Å². The first-order chi connectivity index (χ1) is 16.8. The quantitative estimate of drug-likeness (QED) is 0.374. The van der Waals surface area contributed by atoms with Gasteiger partial charge in [0, 0.05) is 22.9 Å². The largest absolute Gasteiger partial charge is 0.497 e. The summed E-state index contributed by atoms with van der Waals surface area (Å²) < 4.78 is 16.3. The van der Waals surface area contributed by atoms with Crippen LogP contribution in [0.1, 0.15) is 70.3 Å². The van der Waals surface area contributed by atoms with E-state index in [9.17, 15) is 14.4 Å². The maximum absolute atomic E-state index is 13.8. The number of dihydropyridines is 1. The molecule has 0 aromatic heterocycles. The number of hydrogen-bond acceptors (Lipinski definition) is 7. The van der Waals surface area contributed by atoms with Crippen molar-refractivity contribution >= 4 is 17.7 Å². The van der Waals surface area contributed by atoms with Crippen molar-refractivity contribution in [2.75, 3.05) is 14.2 Å². The second-order valence-electron chi connectivity index (χ2n) is 9.83. The van der Waals surface area contributed by atoms with Crippen molar-refractivity contribution in [3.05, 3.63) is 52.4 Å². The number of ketones is 1. The fourth-order valence-electron chi connectivity index (χ4n) is 5.66. The van der Waals surface area contributed by atoms with E-state index in [-0.39, 0.29) is 17.8 Å². The van der Waals surface area contributed by atoms with Crippen LogP contribution in [0.5, 0.6) is 5.75 Å². The molecule has 7 nitrogen and oxygen atoms in total. The van der Waals surface area contributed by atoms with Crippen LogP contribution in [0.2, 0.25) is 0 Å². The van der Waals surface area contributed by atoms with Crippen molar-refractivity contribution in [1.82, 2.24) is 5.32 Å². The third-order valence-corrected chi connectivity index (χ3v) is 7.49. The molecular weight excluding hydrogens is 446 g/mol. The van der Waals surface area contributed by atoms with Gasteiger partial charge in [-0.2, -0.15) is 0 Å². The Kier molecular flexibility index (Phi) is 7.63. The topological polar surface area (TPSA) is 90.9 Å². The standard InChI is InChI=1S/C28H35NO6/c1-16-15-21-25(26(30)22(16)27(31)34-4)24(18-11-13-19(33-3)14-12-18)23(17(2)29-21)28(32)35-20-9-7-5-6-8-10-20/h11-14,16,20,22,24,29H,5-10,15H2,1-4H3/t16-,22+,24-/m1/s1. The summed E-state index contributed by atoms with van der Waals surface area (Å²) in [6.45, 7) is 3.73. The Balaban J connectivity index is 1.76. The number of esters is 2. The van der Waals surface area contributed by atoms with Crippen LogP contribution < -0.4 is 10.1 Å². The highest BCUT2D eigenvalue weighted by atomic mass is 16.5. The average Bonchev–Trinajstić information content (AvgIpc) is 3.11. The van der Waals surface area contributed by atoms with E-state index >= 15 is 0 Å². The number of rotatable bonds is 5. The van der Waals surface area contributed by atoms with E-state index in [0.717, 1.165) is 49.8 Å². The van der Waals surface area contributed by atoms with E-state index in [2.05, 4.69) is 5.32 Å². The molecular formula is C28H35NO6. The Labute approximate surface area is 206 Å². The molecule has 0 spiro atoms. The Hall–Kier alpha value is -3.09. The monoisotopic (exact) mass is 481 g/mol. The number of ether oxygens (including phenoxy) is 3. The summed E-state index contributed by atoms with van der Waals surface area (Å²) in [5, 5.41) is 3.32. The van der Waals surface area contributed by atoms with Crippen molar-refractivity contribution in [3.63, 3.8) is 0 Å². The van der Waals surface area contributed by atoms with Gasteiger partial charge in [-0.25, -0.2) is 4.79 Å². The van der Waals surface area contributed by atoms with Crippen LogP contribution in [0, 0.1) is 11.8 Å². The fourth-order valence-corrected chi connectivity index (χ4v) is 5.66. The fraction of sp³-hybridized carbons (Fsp3) is 0.536. The van der Waals surface area contributed by atoms with Crippen molar-refractivity contribution < 1.29 is 28.6 Å². The molecule has 0 amide bonds. The lowest BCUT2D eigenvalue weighted by atomic mass is 9.69. The molecule has 0 unspecified atom stereocenters. The second-order valence-corrected chi connectivity index (χ2v) is 9.83. The summed E-state index contributed by atoms with van der Waals surface area (Å²) in [4.78, 5) is 40.0. The zero-order valence-electron chi connectivity index (χ0n) is 21.0. The van der Waals surface area contributed by atoms with Gasteiger partial charge in [0.05, 0.1) is 19.8 Å². The van der Waals surface area contributed by atoms with Gasteiger partial charge in [0.15, 0.2) is 5.78 Å². The van der Waals surface area contributed by atoms with Gasteiger partial charge in [-0.05, 0) is 62.6 Å². The predicted octanol–water partition coefficient (Wildman–Crippen LogP) is 4.57. The summed E-state index contributed by atoms with van der Waals surface area (Å²) in [6, 6.07) is 7.36. The molecule has 1 N–H and O–H groups in total. The van der Waals surface area contributed by atoms with Gasteiger partial charge in [-0.1, -0.05) is 31.9 Å². The van der Waals surface area contributed by atoms with Gasteiger partial charge in [-0.15, -0.1) is 0 Å². The maximum Gasteiger partial charge on any atom is 0.337 e. The number of benzene rings is 1. The third kappa shape index (κ3) is 5.00. The number of Topliss-reactive ketones (excluding diaryl/α,β-unsaturated/α-hetero) is 1. The highest BCUT2D eigenvalue weighted by Crippen LogP contribution is 2.46. The van der Waals surface area contributed by atoms with Crippen LogP contribution >= 0.6 is 0 Å². The number of nitrogens with one attached hydrogen (secondary N) is 1. The molecule has 7 heteroatoms. The summed E-state index contributed by atoms with van der Waals surface area (Å²) in [5.74, 6) is -2.33. The highest BCUT2D eigenvalue weighted by molar-refractivity contribution is 6.12. The molecule has 1 heterocycles. The smallest absolute Gasteiger partial charge is 0.337 e. The molecule has 1 aliphatic heterocycles. The predicted molar refractivity (Wildman–Crippen MR) is 130 cm³/mol. The Morgan fingerprint density at radius 1 is 1.00 bits per heavy atom. The lowest BCUT2D eigenvalue weighted by molar-refractivity contribution is -0.151. The first-order valence-electron chi connectivity index (χ1n) is 12.5. The van der Waals surface area contributed by atoms with Crippen LogP contribution in [0.3, 0.4) is 0 Å². The van der Waals surface area contributed by atoms with Gasteiger partial charge in [0.2, 0.25) is 0 Å². The molecule has 35 heavy (non-hydrogen) atoms. The van der Waals surface area contributed by atoms with Crippen LogP contribution in [0.4, 0.5) is 0 Å². The average molecular weight is 482 g/mol. The molecule has 188 valence electrons. The molecule has 1 fully saturated rings. The summed E-state index contributed by atoms with van der Waals surface area (Å²) >= 11 is 0. The Morgan fingerprint density at radius 2 is 1.66 bits per heavy atom. The number of allylic oxidation sites excluding steroid dienone is 3. The molecule has 1 aromatic carbocycles. The zero-order valence-corrected chi connectivity index (χ0v) is 21.0. The van der Waals surface area contributed by atoms with Gasteiger partial charge < -0.3 is 19.5 Å². The van der Waals surface area contributed by atoms with Crippen molar-refractivity contribution in [2.45, 2.75) is 70.8 Å². The minimum Gasteiger partial charge on any atom is -0.497 e. The van der Waals surface area contributed by atoms with E-state index in [1.54, 1.807) is 7.11 Å². The molecule has 1 aromatic rings. The molecule has 0 saturated heterocycles.